The Morgan fingerprint density at radius 3 is 3.07 bits per heavy atom. The predicted molar refractivity (Wildman–Crippen MR) is 56.9 cm³/mol. The molecule has 0 aliphatic carbocycles. The number of thiophene rings is 1. The van der Waals surface area contributed by atoms with Gasteiger partial charge in [-0.2, -0.15) is 0 Å². The van der Waals surface area contributed by atoms with Crippen molar-refractivity contribution in [2.75, 3.05) is 0 Å². The van der Waals surface area contributed by atoms with Crippen LogP contribution < -0.4 is 0 Å². The lowest BCUT2D eigenvalue weighted by molar-refractivity contribution is 0.322. The lowest BCUT2D eigenvalue weighted by atomic mass is 10.2. The van der Waals surface area contributed by atoms with Crippen molar-refractivity contribution in [3.63, 3.8) is 0 Å². The Hall–Kier alpha value is -1.68. The molecule has 70 valence electrons. The van der Waals surface area contributed by atoms with Crippen LogP contribution in [0.2, 0.25) is 0 Å². The molecule has 2 heterocycles. The maximum absolute atomic E-state index is 8.36. The molecule has 0 fully saturated rings. The largest absolute Gasteiger partial charge is 0.411 e. The zero-order chi connectivity index (χ0) is 9.80. The first-order valence-electron chi connectivity index (χ1n) is 4.07. The van der Waals surface area contributed by atoms with Gasteiger partial charge in [0.2, 0.25) is 0 Å². The van der Waals surface area contributed by atoms with Crippen LogP contribution in [0.1, 0.15) is 4.88 Å². The molecule has 0 aromatic carbocycles. The highest BCUT2D eigenvalue weighted by molar-refractivity contribution is 7.12. The molecule has 3 nitrogen and oxygen atoms in total. The first-order valence-corrected chi connectivity index (χ1v) is 4.95. The highest BCUT2D eigenvalue weighted by Crippen LogP contribution is 2.22. The van der Waals surface area contributed by atoms with Crippen molar-refractivity contribution >= 4 is 17.6 Å². The van der Waals surface area contributed by atoms with Crippen molar-refractivity contribution in [2.24, 2.45) is 5.16 Å². The number of aromatic nitrogens is 1. The minimum Gasteiger partial charge on any atom is -0.411 e. The first-order chi connectivity index (χ1) is 6.90. The third-order valence-corrected chi connectivity index (χ3v) is 2.63. The SMILES string of the molecule is ON=Cc1cc(-c2ccccn2)cs1. The average molecular weight is 204 g/mol. The Labute approximate surface area is 85.4 Å². The van der Waals surface area contributed by atoms with Crippen molar-refractivity contribution in [2.45, 2.75) is 0 Å². The van der Waals surface area contributed by atoms with Crippen molar-refractivity contribution in [1.82, 2.24) is 4.98 Å². The molecule has 0 radical (unpaired) electrons. The van der Waals surface area contributed by atoms with Gasteiger partial charge in [-0.1, -0.05) is 11.2 Å². The Kier molecular flexibility index (Phi) is 2.55. The van der Waals surface area contributed by atoms with Crippen LogP contribution in [-0.2, 0) is 0 Å². The Morgan fingerprint density at radius 2 is 2.36 bits per heavy atom. The molecule has 0 amide bonds. The Morgan fingerprint density at radius 1 is 1.43 bits per heavy atom. The highest BCUT2D eigenvalue weighted by atomic mass is 32.1. The van der Waals surface area contributed by atoms with Crippen molar-refractivity contribution in [3.05, 3.63) is 40.7 Å². The molecule has 0 atom stereocenters. The highest BCUT2D eigenvalue weighted by Gasteiger charge is 2.00. The molecular weight excluding hydrogens is 196 g/mol. The van der Waals surface area contributed by atoms with Gasteiger partial charge in [0.05, 0.1) is 11.9 Å². The molecule has 1 N–H and O–H groups in total. The summed E-state index contributed by atoms with van der Waals surface area (Å²) in [5, 5.41) is 13.3. The zero-order valence-electron chi connectivity index (χ0n) is 7.29. The van der Waals surface area contributed by atoms with E-state index < -0.39 is 0 Å². The number of nitrogens with zero attached hydrogens (tertiary/aromatic N) is 2. The molecule has 0 saturated carbocycles. The van der Waals surface area contributed by atoms with E-state index in [2.05, 4.69) is 10.1 Å². The summed E-state index contributed by atoms with van der Waals surface area (Å²) in [6, 6.07) is 7.71. The van der Waals surface area contributed by atoms with E-state index in [1.165, 1.54) is 17.6 Å². The number of hydrogen-bond donors (Lipinski definition) is 1. The van der Waals surface area contributed by atoms with Crippen molar-refractivity contribution in [3.8, 4) is 11.3 Å². The summed E-state index contributed by atoms with van der Waals surface area (Å²) in [7, 11) is 0. The van der Waals surface area contributed by atoms with E-state index in [1.54, 1.807) is 6.20 Å². The predicted octanol–water partition coefficient (Wildman–Crippen LogP) is 2.62. The van der Waals surface area contributed by atoms with Crippen LogP contribution in [0.3, 0.4) is 0 Å². The average Bonchev–Trinajstić information content (AvgIpc) is 2.68. The first kappa shape index (κ1) is 8.90. The van der Waals surface area contributed by atoms with Gasteiger partial charge in [-0.3, -0.25) is 4.98 Å². The normalized spacial score (nSPS) is 10.9. The summed E-state index contributed by atoms with van der Waals surface area (Å²) < 4.78 is 0. The van der Waals surface area contributed by atoms with Gasteiger partial charge in [-0.05, 0) is 18.2 Å². The van der Waals surface area contributed by atoms with E-state index in [1.807, 2.05) is 29.6 Å². The number of hydrogen-bond acceptors (Lipinski definition) is 4. The summed E-state index contributed by atoms with van der Waals surface area (Å²) in [6.45, 7) is 0. The van der Waals surface area contributed by atoms with E-state index in [4.69, 9.17) is 5.21 Å². The second-order valence-corrected chi connectivity index (χ2v) is 3.64. The fraction of sp³-hybridized carbons (Fsp3) is 0. The fourth-order valence-electron chi connectivity index (χ4n) is 1.15. The molecule has 0 unspecified atom stereocenters. The zero-order valence-corrected chi connectivity index (χ0v) is 8.11. The quantitative estimate of drug-likeness (QED) is 0.464. The van der Waals surface area contributed by atoms with E-state index in [9.17, 15) is 0 Å². The summed E-state index contributed by atoms with van der Waals surface area (Å²) in [6.07, 6.45) is 3.17. The molecule has 0 spiro atoms. The van der Waals surface area contributed by atoms with Crippen LogP contribution in [-0.4, -0.2) is 16.4 Å². The summed E-state index contributed by atoms with van der Waals surface area (Å²) in [5.74, 6) is 0. The van der Waals surface area contributed by atoms with E-state index in [-0.39, 0.29) is 0 Å². The van der Waals surface area contributed by atoms with Gasteiger partial charge in [0, 0.05) is 22.0 Å². The van der Waals surface area contributed by atoms with Crippen LogP contribution in [0.25, 0.3) is 11.3 Å². The Bertz CT molecular complexity index is 436. The molecule has 4 heteroatoms. The molecule has 2 rings (SSSR count). The van der Waals surface area contributed by atoms with Gasteiger partial charge in [0.15, 0.2) is 0 Å². The molecule has 14 heavy (non-hydrogen) atoms. The second kappa shape index (κ2) is 4.02. The third-order valence-electron chi connectivity index (χ3n) is 1.77. The third kappa shape index (κ3) is 1.80. The van der Waals surface area contributed by atoms with Crippen LogP contribution in [0.15, 0.2) is 41.0 Å². The molecule has 2 aromatic heterocycles. The van der Waals surface area contributed by atoms with Crippen LogP contribution >= 0.6 is 11.3 Å². The van der Waals surface area contributed by atoms with Gasteiger partial charge in [-0.15, -0.1) is 11.3 Å². The smallest absolute Gasteiger partial charge is 0.0833 e. The summed E-state index contributed by atoms with van der Waals surface area (Å²) >= 11 is 1.52. The maximum Gasteiger partial charge on any atom is 0.0833 e. The molecule has 0 aliphatic heterocycles. The lowest BCUT2D eigenvalue weighted by Gasteiger charge is -1.92. The molecule has 2 aromatic rings. The van der Waals surface area contributed by atoms with E-state index in [0.717, 1.165) is 16.1 Å². The van der Waals surface area contributed by atoms with Gasteiger partial charge in [0.1, 0.15) is 0 Å². The number of pyridine rings is 1. The van der Waals surface area contributed by atoms with E-state index in [0.29, 0.717) is 0 Å². The van der Waals surface area contributed by atoms with Gasteiger partial charge in [0.25, 0.3) is 0 Å². The summed E-state index contributed by atoms with van der Waals surface area (Å²) in [4.78, 5) is 5.13. The lowest BCUT2D eigenvalue weighted by Crippen LogP contribution is -1.78. The van der Waals surface area contributed by atoms with Gasteiger partial charge >= 0.3 is 0 Å². The second-order valence-electron chi connectivity index (χ2n) is 2.70. The van der Waals surface area contributed by atoms with Crippen molar-refractivity contribution in [1.29, 1.82) is 0 Å². The fourth-order valence-corrected chi connectivity index (χ4v) is 1.90. The standard InChI is InChI=1S/C10H8N2OS/c13-12-6-9-5-8(7-14-9)10-3-1-2-4-11-10/h1-7,13H. The number of rotatable bonds is 2. The topological polar surface area (TPSA) is 45.5 Å². The van der Waals surface area contributed by atoms with Crippen molar-refractivity contribution < 1.29 is 5.21 Å². The molecule has 0 aliphatic rings. The van der Waals surface area contributed by atoms with E-state index >= 15 is 0 Å². The van der Waals surface area contributed by atoms with Gasteiger partial charge in [-0.25, -0.2) is 0 Å². The minimum atomic E-state index is 0.910. The van der Waals surface area contributed by atoms with Crippen LogP contribution in [0, 0.1) is 0 Å². The molecular formula is C10H8N2OS. The maximum atomic E-state index is 8.36. The van der Waals surface area contributed by atoms with Crippen LogP contribution in [0.4, 0.5) is 0 Å². The molecule has 0 bridgehead atoms. The Balaban J connectivity index is 2.34. The monoisotopic (exact) mass is 204 g/mol. The minimum absolute atomic E-state index is 0.910. The van der Waals surface area contributed by atoms with Crippen LogP contribution in [0.5, 0.6) is 0 Å². The molecule has 0 saturated heterocycles. The van der Waals surface area contributed by atoms with Gasteiger partial charge < -0.3 is 5.21 Å². The summed E-state index contributed by atoms with van der Waals surface area (Å²) in [5.41, 5.74) is 1.98. The number of oxime groups is 1.